The Labute approximate surface area is 145 Å². The van der Waals surface area contributed by atoms with Crippen molar-refractivity contribution in [1.29, 1.82) is 0 Å². The number of methoxy groups -OCH3 is 3. The van der Waals surface area contributed by atoms with Crippen LogP contribution in [0.4, 0.5) is 0 Å². The molecular formula is C16H20ClN3O4. The second kappa shape index (κ2) is 7.44. The first kappa shape index (κ1) is 17.9. The van der Waals surface area contributed by atoms with Crippen LogP contribution in [0.3, 0.4) is 0 Å². The van der Waals surface area contributed by atoms with Crippen LogP contribution in [0.15, 0.2) is 12.1 Å². The summed E-state index contributed by atoms with van der Waals surface area (Å²) in [6, 6.07) is 3.47. The fourth-order valence-electron chi connectivity index (χ4n) is 2.38. The third kappa shape index (κ3) is 3.41. The zero-order chi connectivity index (χ0) is 17.9. The predicted molar refractivity (Wildman–Crippen MR) is 90.2 cm³/mol. The summed E-state index contributed by atoms with van der Waals surface area (Å²) < 4.78 is 17.3. The van der Waals surface area contributed by atoms with Gasteiger partial charge in [0.1, 0.15) is 10.9 Å². The van der Waals surface area contributed by atoms with E-state index in [-0.39, 0.29) is 12.5 Å². The van der Waals surface area contributed by atoms with Crippen molar-refractivity contribution >= 4 is 17.5 Å². The van der Waals surface area contributed by atoms with E-state index in [0.717, 1.165) is 5.56 Å². The van der Waals surface area contributed by atoms with Crippen molar-refractivity contribution in [3.63, 3.8) is 0 Å². The van der Waals surface area contributed by atoms with Gasteiger partial charge in [-0.1, -0.05) is 11.6 Å². The van der Waals surface area contributed by atoms with Gasteiger partial charge in [0.15, 0.2) is 11.5 Å². The molecule has 0 unspecified atom stereocenters. The third-order valence-electron chi connectivity index (χ3n) is 3.61. The van der Waals surface area contributed by atoms with Crippen molar-refractivity contribution in [3.8, 4) is 17.2 Å². The summed E-state index contributed by atoms with van der Waals surface area (Å²) in [5, 5.41) is 7.25. The summed E-state index contributed by atoms with van der Waals surface area (Å²) >= 11 is 6.11. The molecule has 0 saturated heterocycles. The largest absolute Gasteiger partial charge is 0.496 e. The summed E-state index contributed by atoms with van der Waals surface area (Å²) in [6.45, 7) is 1.98. The van der Waals surface area contributed by atoms with Crippen molar-refractivity contribution in [2.24, 2.45) is 7.05 Å². The molecule has 0 fully saturated rings. The van der Waals surface area contributed by atoms with Crippen molar-refractivity contribution in [2.45, 2.75) is 13.5 Å². The molecule has 0 spiro atoms. The highest BCUT2D eigenvalue weighted by molar-refractivity contribution is 6.33. The van der Waals surface area contributed by atoms with Crippen LogP contribution < -0.4 is 19.5 Å². The molecule has 0 aliphatic heterocycles. The lowest BCUT2D eigenvalue weighted by Crippen LogP contribution is -2.24. The minimum Gasteiger partial charge on any atom is -0.496 e. The van der Waals surface area contributed by atoms with Gasteiger partial charge in [-0.25, -0.2) is 0 Å². The average Bonchev–Trinajstić information content (AvgIpc) is 2.84. The molecule has 1 amide bonds. The van der Waals surface area contributed by atoms with Crippen LogP contribution in [-0.4, -0.2) is 37.0 Å². The minimum absolute atomic E-state index is 0.243. The van der Waals surface area contributed by atoms with E-state index in [1.54, 1.807) is 47.4 Å². The summed E-state index contributed by atoms with van der Waals surface area (Å²) in [5.41, 5.74) is 1.68. The fraction of sp³-hybridized carbons (Fsp3) is 0.375. The monoisotopic (exact) mass is 353 g/mol. The van der Waals surface area contributed by atoms with Gasteiger partial charge in [-0.05, 0) is 13.0 Å². The van der Waals surface area contributed by atoms with Crippen LogP contribution in [0.25, 0.3) is 0 Å². The first-order valence-corrected chi connectivity index (χ1v) is 7.56. The highest BCUT2D eigenvalue weighted by Gasteiger charge is 2.19. The highest BCUT2D eigenvalue weighted by Crippen LogP contribution is 2.34. The van der Waals surface area contributed by atoms with E-state index in [2.05, 4.69) is 10.4 Å². The predicted octanol–water partition coefficient (Wildman–Crippen LogP) is 2.34. The van der Waals surface area contributed by atoms with Gasteiger partial charge >= 0.3 is 0 Å². The van der Waals surface area contributed by atoms with Crippen molar-refractivity contribution in [2.75, 3.05) is 21.3 Å². The van der Waals surface area contributed by atoms with E-state index < -0.39 is 0 Å². The van der Waals surface area contributed by atoms with Crippen molar-refractivity contribution in [3.05, 3.63) is 34.1 Å². The first-order valence-electron chi connectivity index (χ1n) is 7.19. The molecular weight excluding hydrogens is 334 g/mol. The molecule has 0 saturated carbocycles. The molecule has 2 aromatic rings. The van der Waals surface area contributed by atoms with Gasteiger partial charge in [-0.2, -0.15) is 5.10 Å². The quantitative estimate of drug-likeness (QED) is 0.862. The molecule has 1 heterocycles. The number of halogens is 1. The molecule has 1 aromatic heterocycles. The maximum absolute atomic E-state index is 12.4. The highest BCUT2D eigenvalue weighted by atomic mass is 35.5. The molecule has 0 atom stereocenters. The lowest BCUT2D eigenvalue weighted by Gasteiger charge is -2.14. The van der Waals surface area contributed by atoms with Crippen LogP contribution in [0, 0.1) is 6.92 Å². The van der Waals surface area contributed by atoms with E-state index in [9.17, 15) is 4.79 Å². The second-order valence-electron chi connectivity index (χ2n) is 5.08. The van der Waals surface area contributed by atoms with Crippen LogP contribution in [0.1, 0.15) is 21.6 Å². The number of benzene rings is 1. The van der Waals surface area contributed by atoms with Gasteiger partial charge in [-0.3, -0.25) is 9.48 Å². The number of rotatable bonds is 6. The number of nitrogens with one attached hydrogen (secondary N) is 1. The standard InChI is InChI=1S/C16H20ClN3O4/c1-9-14(15(17)20(2)19-9)16(21)18-8-10-6-12(23-4)13(24-5)7-11(10)22-3/h6-7H,8H2,1-5H3,(H,18,21). The van der Waals surface area contributed by atoms with Crippen LogP contribution in [0.2, 0.25) is 5.15 Å². The number of ether oxygens (including phenoxy) is 3. The molecule has 0 aliphatic carbocycles. The molecule has 1 aromatic carbocycles. The van der Waals surface area contributed by atoms with E-state index >= 15 is 0 Å². The number of hydrogen-bond donors (Lipinski definition) is 1. The second-order valence-corrected chi connectivity index (χ2v) is 5.43. The molecule has 0 bridgehead atoms. The van der Waals surface area contributed by atoms with Gasteiger partial charge in [0.05, 0.1) is 32.6 Å². The third-order valence-corrected chi connectivity index (χ3v) is 4.04. The van der Waals surface area contributed by atoms with Gasteiger partial charge in [-0.15, -0.1) is 0 Å². The molecule has 24 heavy (non-hydrogen) atoms. The molecule has 0 aliphatic rings. The Morgan fingerprint density at radius 1 is 1.17 bits per heavy atom. The number of aryl methyl sites for hydroxylation is 2. The number of carbonyl (C=O) groups is 1. The number of nitrogens with zero attached hydrogens (tertiary/aromatic N) is 2. The Kier molecular flexibility index (Phi) is 5.56. The van der Waals surface area contributed by atoms with Gasteiger partial charge in [0, 0.05) is 25.2 Å². The Morgan fingerprint density at radius 3 is 2.25 bits per heavy atom. The normalized spacial score (nSPS) is 10.4. The molecule has 2 rings (SSSR count). The topological polar surface area (TPSA) is 74.6 Å². The van der Waals surface area contributed by atoms with Gasteiger partial charge in [0.25, 0.3) is 5.91 Å². The number of aromatic nitrogens is 2. The average molecular weight is 354 g/mol. The van der Waals surface area contributed by atoms with Crippen LogP contribution in [0.5, 0.6) is 17.2 Å². The number of carbonyl (C=O) groups excluding carboxylic acids is 1. The summed E-state index contributed by atoms with van der Waals surface area (Å²) in [5.74, 6) is 1.39. The smallest absolute Gasteiger partial charge is 0.256 e. The zero-order valence-corrected chi connectivity index (χ0v) is 15.0. The van der Waals surface area contributed by atoms with Crippen LogP contribution >= 0.6 is 11.6 Å². The summed E-state index contributed by atoms with van der Waals surface area (Å²) in [7, 11) is 6.33. The van der Waals surface area contributed by atoms with E-state index in [1.807, 2.05) is 0 Å². The molecule has 0 radical (unpaired) electrons. The summed E-state index contributed by atoms with van der Waals surface area (Å²) in [4.78, 5) is 12.4. The van der Waals surface area contributed by atoms with Gasteiger partial charge in [0.2, 0.25) is 0 Å². The Balaban J connectivity index is 2.23. The minimum atomic E-state index is -0.303. The lowest BCUT2D eigenvalue weighted by molar-refractivity contribution is 0.0950. The first-order chi connectivity index (χ1) is 11.4. The van der Waals surface area contributed by atoms with Crippen LogP contribution in [-0.2, 0) is 13.6 Å². The number of amides is 1. The van der Waals surface area contributed by atoms with Gasteiger partial charge < -0.3 is 19.5 Å². The maximum atomic E-state index is 12.4. The Morgan fingerprint density at radius 2 is 1.75 bits per heavy atom. The number of hydrogen-bond acceptors (Lipinski definition) is 5. The van der Waals surface area contributed by atoms with E-state index in [4.69, 9.17) is 25.8 Å². The molecule has 8 heteroatoms. The van der Waals surface area contributed by atoms with E-state index in [0.29, 0.717) is 33.7 Å². The zero-order valence-electron chi connectivity index (χ0n) is 14.3. The Hall–Kier alpha value is -2.41. The molecule has 1 N–H and O–H groups in total. The molecule has 130 valence electrons. The summed E-state index contributed by atoms with van der Waals surface area (Å²) in [6.07, 6.45) is 0. The SMILES string of the molecule is COc1cc(OC)c(OC)cc1CNC(=O)c1c(C)nn(C)c1Cl. The Bertz CT molecular complexity index is 758. The van der Waals surface area contributed by atoms with E-state index in [1.165, 1.54) is 4.68 Å². The fourth-order valence-corrected chi connectivity index (χ4v) is 2.64. The molecule has 7 nitrogen and oxygen atoms in total. The maximum Gasteiger partial charge on any atom is 0.256 e. The van der Waals surface area contributed by atoms with Crippen molar-refractivity contribution < 1.29 is 19.0 Å². The lowest BCUT2D eigenvalue weighted by atomic mass is 10.1. The van der Waals surface area contributed by atoms with Crippen molar-refractivity contribution in [1.82, 2.24) is 15.1 Å².